The molecule has 0 amide bonds. The molecule has 0 rings (SSSR count). The van der Waals surface area contributed by atoms with E-state index in [2.05, 4.69) is 6.58 Å². The molecule has 0 fully saturated rings. The molecule has 0 aromatic rings. The minimum atomic E-state index is 0.535. The molecule has 0 aliphatic heterocycles. The van der Waals surface area contributed by atoms with Gasteiger partial charge in [0, 0.05) is 0 Å². The van der Waals surface area contributed by atoms with Gasteiger partial charge in [-0.1, -0.05) is 6.58 Å². The zero-order valence-electron chi connectivity index (χ0n) is 6.77. The van der Waals surface area contributed by atoms with Crippen molar-refractivity contribution in [3.8, 4) is 0 Å². The van der Waals surface area contributed by atoms with Crippen molar-refractivity contribution in [2.45, 2.75) is 6.92 Å². The molecule has 0 saturated heterocycles. The van der Waals surface area contributed by atoms with E-state index in [1.54, 1.807) is 0 Å². The second-order valence-electron chi connectivity index (χ2n) is 3.12. The zero-order valence-corrected chi connectivity index (χ0v) is 6.77. The van der Waals surface area contributed by atoms with Gasteiger partial charge in [-0.2, -0.15) is 9.48 Å². The molecule has 0 aromatic carbocycles. The minimum Gasteiger partial charge on any atom is -0.199 e. The maximum absolute atomic E-state index is 5.33. The Bertz CT molecular complexity index is 102. The summed E-state index contributed by atoms with van der Waals surface area (Å²) in [6.45, 7) is 6.32. The molecule has 0 bridgehead atoms. The summed E-state index contributed by atoms with van der Waals surface area (Å²) in [6, 6.07) is 0. The highest BCUT2D eigenvalue weighted by Gasteiger charge is 2.06. The Morgan fingerprint density at radius 3 is 2.00 bits per heavy atom. The monoisotopic (exact) mass is 130 g/mol. The molecule has 0 spiro atoms. The van der Waals surface area contributed by atoms with Crippen LogP contribution in [0, 0.1) is 0 Å². The number of hydroxylamine groups is 3. The molecule has 2 nitrogen and oxygen atoms in total. The Morgan fingerprint density at radius 1 is 1.44 bits per heavy atom. The first-order valence-corrected chi connectivity index (χ1v) is 3.02. The molecule has 9 heavy (non-hydrogen) atoms. The van der Waals surface area contributed by atoms with E-state index >= 15 is 0 Å². The number of quaternary nitrogens is 1. The fourth-order valence-electron chi connectivity index (χ4n) is 0.304. The van der Waals surface area contributed by atoms with Crippen molar-refractivity contribution in [2.24, 2.45) is 0 Å². The fraction of sp³-hybridized carbons (Fsp3) is 0.714. The van der Waals surface area contributed by atoms with Crippen molar-refractivity contribution in [3.63, 3.8) is 0 Å². The SMILES string of the molecule is C=C(C)CO[N+](C)(C)C. The summed E-state index contributed by atoms with van der Waals surface area (Å²) in [5.41, 5.74) is 1.06. The Kier molecular flexibility index (Phi) is 2.88. The van der Waals surface area contributed by atoms with Gasteiger partial charge in [0.1, 0.15) is 6.61 Å². The van der Waals surface area contributed by atoms with Gasteiger partial charge in [0.2, 0.25) is 0 Å². The van der Waals surface area contributed by atoms with Crippen LogP contribution in [0.1, 0.15) is 6.92 Å². The highest BCUT2D eigenvalue weighted by molar-refractivity contribution is 4.86. The molecule has 0 N–H and O–H groups in total. The third-order valence-corrected chi connectivity index (χ3v) is 0.698. The van der Waals surface area contributed by atoms with Crippen LogP contribution in [0.25, 0.3) is 0 Å². The molecule has 0 aliphatic rings. The molecule has 0 atom stereocenters. The largest absolute Gasteiger partial charge is 0.199 e. The van der Waals surface area contributed by atoms with Crippen LogP contribution < -0.4 is 0 Å². The highest BCUT2D eigenvalue weighted by Crippen LogP contribution is 1.95. The Balaban J connectivity index is 3.39. The maximum Gasteiger partial charge on any atom is 0.127 e. The average Bonchev–Trinajstić information content (AvgIpc) is 1.59. The summed E-state index contributed by atoms with van der Waals surface area (Å²) < 4.78 is 0.535. The van der Waals surface area contributed by atoms with Crippen molar-refractivity contribution >= 4 is 0 Å². The Hall–Kier alpha value is -0.340. The van der Waals surface area contributed by atoms with Gasteiger partial charge < -0.3 is 0 Å². The second-order valence-corrected chi connectivity index (χ2v) is 3.12. The van der Waals surface area contributed by atoms with Gasteiger partial charge >= 0.3 is 0 Å². The molecule has 0 saturated carbocycles. The third kappa shape index (κ3) is 7.66. The zero-order chi connectivity index (χ0) is 7.49. The van der Waals surface area contributed by atoms with Crippen LogP contribution in [0.2, 0.25) is 0 Å². The molecular formula is C7H16NO+. The lowest BCUT2D eigenvalue weighted by molar-refractivity contribution is -1.06. The molecular weight excluding hydrogens is 114 g/mol. The number of rotatable bonds is 3. The predicted octanol–water partition coefficient (Wildman–Crippen LogP) is 1.20. The molecule has 2 heteroatoms. The van der Waals surface area contributed by atoms with Crippen molar-refractivity contribution in [3.05, 3.63) is 12.2 Å². The van der Waals surface area contributed by atoms with Crippen molar-refractivity contribution in [1.29, 1.82) is 0 Å². The van der Waals surface area contributed by atoms with Gasteiger partial charge in [-0.05, 0) is 12.5 Å². The van der Waals surface area contributed by atoms with Crippen LogP contribution in [0.15, 0.2) is 12.2 Å². The summed E-state index contributed by atoms with van der Waals surface area (Å²) in [4.78, 5) is 5.33. The summed E-state index contributed by atoms with van der Waals surface area (Å²) in [6.07, 6.45) is 0. The van der Waals surface area contributed by atoms with Gasteiger partial charge in [0.05, 0.1) is 21.1 Å². The summed E-state index contributed by atoms with van der Waals surface area (Å²) in [5, 5.41) is 0. The second kappa shape index (κ2) is 2.99. The molecule has 0 aromatic heterocycles. The van der Waals surface area contributed by atoms with E-state index in [4.69, 9.17) is 4.84 Å². The predicted molar refractivity (Wildman–Crippen MR) is 38.8 cm³/mol. The van der Waals surface area contributed by atoms with E-state index < -0.39 is 0 Å². The van der Waals surface area contributed by atoms with Gasteiger partial charge in [0.25, 0.3) is 0 Å². The topological polar surface area (TPSA) is 9.23 Å². The van der Waals surface area contributed by atoms with Gasteiger partial charge in [-0.3, -0.25) is 0 Å². The van der Waals surface area contributed by atoms with E-state index in [0.29, 0.717) is 11.3 Å². The van der Waals surface area contributed by atoms with E-state index in [9.17, 15) is 0 Å². The first-order chi connectivity index (χ1) is 3.92. The van der Waals surface area contributed by atoms with E-state index in [-0.39, 0.29) is 0 Å². The number of hydrogen-bond donors (Lipinski definition) is 0. The van der Waals surface area contributed by atoms with Crippen LogP contribution in [0.3, 0.4) is 0 Å². The Labute approximate surface area is 57.3 Å². The van der Waals surface area contributed by atoms with Crippen LogP contribution >= 0.6 is 0 Å². The van der Waals surface area contributed by atoms with Gasteiger partial charge in [-0.15, -0.1) is 0 Å². The molecule has 0 heterocycles. The lowest BCUT2D eigenvalue weighted by atomic mass is 10.4. The highest BCUT2D eigenvalue weighted by atomic mass is 16.7. The standard InChI is InChI=1S/C7H16NO/c1-7(2)6-9-8(3,4)5/h1,6H2,2-5H3/q+1. The quantitative estimate of drug-likeness (QED) is 0.317. The Morgan fingerprint density at radius 2 is 1.89 bits per heavy atom. The van der Waals surface area contributed by atoms with E-state index in [1.165, 1.54) is 0 Å². The summed E-state index contributed by atoms with van der Waals surface area (Å²) in [5.74, 6) is 0. The summed E-state index contributed by atoms with van der Waals surface area (Å²) >= 11 is 0. The number of hydrogen-bond acceptors (Lipinski definition) is 1. The molecule has 0 unspecified atom stereocenters. The van der Waals surface area contributed by atoms with Crippen LogP contribution in [-0.4, -0.2) is 32.4 Å². The summed E-state index contributed by atoms with van der Waals surface area (Å²) in [7, 11) is 5.93. The lowest BCUT2D eigenvalue weighted by Crippen LogP contribution is -2.34. The lowest BCUT2D eigenvalue weighted by Gasteiger charge is -2.20. The maximum atomic E-state index is 5.33. The minimum absolute atomic E-state index is 0.535. The third-order valence-electron chi connectivity index (χ3n) is 0.698. The van der Waals surface area contributed by atoms with Crippen molar-refractivity contribution in [2.75, 3.05) is 27.7 Å². The van der Waals surface area contributed by atoms with Gasteiger partial charge in [0.15, 0.2) is 0 Å². The van der Waals surface area contributed by atoms with Crippen LogP contribution in [0.4, 0.5) is 0 Å². The fourth-order valence-corrected chi connectivity index (χ4v) is 0.304. The molecule has 54 valence electrons. The first kappa shape index (κ1) is 8.66. The van der Waals surface area contributed by atoms with Crippen LogP contribution in [0.5, 0.6) is 0 Å². The van der Waals surface area contributed by atoms with Crippen molar-refractivity contribution in [1.82, 2.24) is 0 Å². The van der Waals surface area contributed by atoms with E-state index in [0.717, 1.165) is 5.57 Å². The normalized spacial score (nSPS) is 11.6. The number of nitrogens with zero attached hydrogens (tertiary/aromatic N) is 1. The first-order valence-electron chi connectivity index (χ1n) is 3.02. The average molecular weight is 130 g/mol. The van der Waals surface area contributed by atoms with E-state index in [1.807, 2.05) is 28.1 Å². The smallest absolute Gasteiger partial charge is 0.127 e. The van der Waals surface area contributed by atoms with Crippen LogP contribution in [-0.2, 0) is 4.84 Å². The molecule has 0 radical (unpaired) electrons. The van der Waals surface area contributed by atoms with Gasteiger partial charge in [-0.25, -0.2) is 0 Å². The molecule has 0 aliphatic carbocycles. The van der Waals surface area contributed by atoms with Crippen molar-refractivity contribution < 1.29 is 9.48 Å².